The summed E-state index contributed by atoms with van der Waals surface area (Å²) in [5, 5.41) is 10.0. The number of methoxy groups -OCH3 is 1. The van der Waals surface area contributed by atoms with E-state index in [2.05, 4.69) is 4.74 Å². The van der Waals surface area contributed by atoms with Gasteiger partial charge < -0.3 is 19.5 Å². The van der Waals surface area contributed by atoms with Crippen molar-refractivity contribution in [3.8, 4) is 0 Å². The number of amides is 1. The Morgan fingerprint density at radius 3 is 2.25 bits per heavy atom. The van der Waals surface area contributed by atoms with Gasteiger partial charge in [0.25, 0.3) is 0 Å². The maximum Gasteiger partial charge on any atom is 0.410 e. The quantitative estimate of drug-likeness (QED) is 0.788. The van der Waals surface area contributed by atoms with Gasteiger partial charge in [-0.3, -0.25) is 0 Å². The van der Waals surface area contributed by atoms with Gasteiger partial charge in [-0.1, -0.05) is 0 Å². The molecule has 0 bridgehead atoms. The van der Waals surface area contributed by atoms with Crippen LogP contribution >= 0.6 is 0 Å². The first-order valence-electron chi connectivity index (χ1n) is 6.93. The van der Waals surface area contributed by atoms with Gasteiger partial charge in [-0.2, -0.15) is 0 Å². The number of aliphatic hydroxyl groups is 1. The van der Waals surface area contributed by atoms with E-state index in [-0.39, 0.29) is 12.0 Å². The molecule has 2 rings (SSSR count). The van der Waals surface area contributed by atoms with Gasteiger partial charge in [-0.15, -0.1) is 0 Å². The highest BCUT2D eigenvalue weighted by molar-refractivity contribution is 5.76. The monoisotopic (exact) mass is 285 g/mol. The molecule has 0 aromatic rings. The second-order valence-electron chi connectivity index (χ2n) is 6.74. The van der Waals surface area contributed by atoms with Crippen LogP contribution < -0.4 is 0 Å². The maximum atomic E-state index is 11.8. The molecule has 1 atom stereocenters. The minimum absolute atomic E-state index is 0.143. The molecule has 1 aliphatic heterocycles. The van der Waals surface area contributed by atoms with E-state index in [4.69, 9.17) is 4.74 Å². The average Bonchev–Trinajstić information content (AvgIpc) is 3.03. The summed E-state index contributed by atoms with van der Waals surface area (Å²) in [5.41, 5.74) is -0.906. The van der Waals surface area contributed by atoms with Crippen LogP contribution in [-0.2, 0) is 14.3 Å². The molecule has 0 aromatic carbocycles. The minimum Gasteiger partial charge on any atom is -0.467 e. The number of hydrogen-bond acceptors (Lipinski definition) is 5. The Hall–Kier alpha value is -1.30. The Morgan fingerprint density at radius 2 is 1.85 bits per heavy atom. The molecule has 1 saturated carbocycles. The number of aliphatic hydroxyl groups excluding tert-OH is 1. The summed E-state index contributed by atoms with van der Waals surface area (Å²) in [6.07, 6.45) is 0.182. The topological polar surface area (TPSA) is 76.1 Å². The number of hydrogen-bond donors (Lipinski definition) is 1. The average molecular weight is 285 g/mol. The molecule has 6 nitrogen and oxygen atoms in total. The van der Waals surface area contributed by atoms with E-state index >= 15 is 0 Å². The number of nitrogens with zero attached hydrogens (tertiary/aromatic N) is 1. The summed E-state index contributed by atoms with van der Waals surface area (Å²) < 4.78 is 9.89. The molecular weight excluding hydrogens is 262 g/mol. The van der Waals surface area contributed by atoms with E-state index in [0.717, 1.165) is 12.8 Å². The highest BCUT2D eigenvalue weighted by Crippen LogP contribution is 2.57. The van der Waals surface area contributed by atoms with Crippen LogP contribution in [-0.4, -0.2) is 54.0 Å². The van der Waals surface area contributed by atoms with Crippen LogP contribution in [0.25, 0.3) is 0 Å². The Bertz CT molecular complexity index is 404. The Kier molecular flexibility index (Phi) is 3.71. The molecule has 114 valence electrons. The van der Waals surface area contributed by atoms with Crippen LogP contribution in [0.5, 0.6) is 0 Å². The lowest BCUT2D eigenvalue weighted by atomic mass is 9.79. The third-order valence-corrected chi connectivity index (χ3v) is 4.14. The number of likely N-dealkylation sites (tertiary alicyclic amines) is 1. The highest BCUT2D eigenvalue weighted by atomic mass is 16.6. The zero-order chi connectivity index (χ0) is 15.1. The van der Waals surface area contributed by atoms with Gasteiger partial charge in [0, 0.05) is 24.4 Å². The van der Waals surface area contributed by atoms with Crippen LogP contribution in [0.1, 0.15) is 33.6 Å². The predicted octanol–water partition coefficient (Wildman–Crippen LogP) is 1.17. The molecule has 20 heavy (non-hydrogen) atoms. The first-order valence-corrected chi connectivity index (χ1v) is 6.93. The third kappa shape index (κ3) is 2.75. The number of ether oxygens (including phenoxy) is 2. The van der Waals surface area contributed by atoms with Crippen molar-refractivity contribution >= 4 is 12.1 Å². The van der Waals surface area contributed by atoms with Gasteiger partial charge in [-0.05, 0) is 33.6 Å². The van der Waals surface area contributed by atoms with Gasteiger partial charge in [0.05, 0.1) is 7.11 Å². The minimum atomic E-state index is -1.08. The number of rotatable bonds is 3. The van der Waals surface area contributed by atoms with Gasteiger partial charge in [0.15, 0.2) is 6.10 Å². The Labute approximate surface area is 119 Å². The van der Waals surface area contributed by atoms with Crippen molar-refractivity contribution in [2.24, 2.45) is 11.3 Å². The highest BCUT2D eigenvalue weighted by Gasteiger charge is 2.61. The fourth-order valence-corrected chi connectivity index (χ4v) is 2.71. The van der Waals surface area contributed by atoms with Crippen LogP contribution in [0.4, 0.5) is 4.79 Å². The van der Waals surface area contributed by atoms with Crippen molar-refractivity contribution in [2.75, 3.05) is 20.2 Å². The molecule has 1 unspecified atom stereocenters. The van der Waals surface area contributed by atoms with E-state index in [1.165, 1.54) is 7.11 Å². The number of carbonyl (C=O) groups excluding carboxylic acids is 2. The van der Waals surface area contributed by atoms with Crippen molar-refractivity contribution in [1.82, 2.24) is 4.90 Å². The molecule has 6 heteroatoms. The fraction of sp³-hybridized carbons (Fsp3) is 0.857. The summed E-state index contributed by atoms with van der Waals surface area (Å²) in [6.45, 7) is 6.54. The third-order valence-electron chi connectivity index (χ3n) is 4.14. The second-order valence-corrected chi connectivity index (χ2v) is 6.74. The summed E-state index contributed by atoms with van der Waals surface area (Å²) in [7, 11) is 1.27. The lowest BCUT2D eigenvalue weighted by Crippen LogP contribution is -2.57. The van der Waals surface area contributed by atoms with Crippen molar-refractivity contribution in [3.63, 3.8) is 0 Å². The lowest BCUT2D eigenvalue weighted by Gasteiger charge is -2.44. The first kappa shape index (κ1) is 15.1. The smallest absolute Gasteiger partial charge is 0.410 e. The maximum absolute atomic E-state index is 11.8. The van der Waals surface area contributed by atoms with Crippen LogP contribution in [0.3, 0.4) is 0 Å². The number of esters is 1. The number of carbonyl (C=O) groups is 2. The van der Waals surface area contributed by atoms with Gasteiger partial charge >= 0.3 is 12.1 Å². The van der Waals surface area contributed by atoms with Gasteiger partial charge in [0.1, 0.15) is 5.60 Å². The summed E-state index contributed by atoms with van der Waals surface area (Å²) in [5.74, 6) is -0.442. The molecule has 1 amide bonds. The fourth-order valence-electron chi connectivity index (χ4n) is 2.71. The molecule has 1 heterocycles. The van der Waals surface area contributed by atoms with Crippen molar-refractivity contribution in [2.45, 2.75) is 45.3 Å². The predicted molar refractivity (Wildman–Crippen MR) is 71.0 cm³/mol. The molecule has 1 saturated heterocycles. The van der Waals surface area contributed by atoms with Gasteiger partial charge in [-0.25, -0.2) is 9.59 Å². The van der Waals surface area contributed by atoms with E-state index in [0.29, 0.717) is 13.1 Å². The van der Waals surface area contributed by atoms with E-state index in [1.54, 1.807) is 4.90 Å². The standard InChI is InChI=1S/C14H23NO5/c1-13(2,3)20-12(18)15-7-9(8-15)14(5-6-14)10(16)11(17)19-4/h9-10,16H,5-8H2,1-4H3. The van der Waals surface area contributed by atoms with E-state index in [1.807, 2.05) is 20.8 Å². The van der Waals surface area contributed by atoms with Crippen LogP contribution in [0.15, 0.2) is 0 Å². The summed E-state index contributed by atoms with van der Waals surface area (Å²) in [4.78, 5) is 24.9. The van der Waals surface area contributed by atoms with Crippen LogP contribution in [0.2, 0.25) is 0 Å². The Morgan fingerprint density at radius 1 is 1.30 bits per heavy atom. The lowest BCUT2D eigenvalue weighted by molar-refractivity contribution is -0.158. The molecule has 0 spiro atoms. The molecule has 1 aliphatic carbocycles. The first-order chi connectivity index (χ1) is 9.19. The SMILES string of the molecule is COC(=O)C(O)C1(C2CN(C(=O)OC(C)(C)C)C2)CC1. The van der Waals surface area contributed by atoms with Crippen molar-refractivity contribution in [1.29, 1.82) is 0 Å². The van der Waals surface area contributed by atoms with Gasteiger partial charge in [0.2, 0.25) is 0 Å². The molecule has 0 aromatic heterocycles. The Balaban J connectivity index is 1.87. The zero-order valence-corrected chi connectivity index (χ0v) is 12.5. The molecule has 2 aliphatic rings. The second kappa shape index (κ2) is 4.91. The molecule has 1 N–H and O–H groups in total. The normalized spacial score (nSPS) is 22.8. The molecule has 2 fully saturated rings. The zero-order valence-electron chi connectivity index (χ0n) is 12.5. The van der Waals surface area contributed by atoms with E-state index < -0.39 is 23.1 Å². The summed E-state index contributed by atoms with van der Waals surface area (Å²) >= 11 is 0. The largest absolute Gasteiger partial charge is 0.467 e. The van der Waals surface area contributed by atoms with Crippen molar-refractivity contribution < 1.29 is 24.2 Å². The summed E-state index contributed by atoms with van der Waals surface area (Å²) in [6, 6.07) is 0. The van der Waals surface area contributed by atoms with Crippen LogP contribution in [0, 0.1) is 11.3 Å². The van der Waals surface area contributed by atoms with Crippen molar-refractivity contribution in [3.05, 3.63) is 0 Å². The van der Waals surface area contributed by atoms with E-state index in [9.17, 15) is 14.7 Å². The molecular formula is C14H23NO5. The molecule has 0 radical (unpaired) electrons.